The molecule has 0 radical (unpaired) electrons. The van der Waals surface area contributed by atoms with Crippen LogP contribution in [0.3, 0.4) is 0 Å². The predicted molar refractivity (Wildman–Crippen MR) is 47.4 cm³/mol. The van der Waals surface area contributed by atoms with E-state index in [4.69, 9.17) is 16.3 Å². The van der Waals surface area contributed by atoms with Gasteiger partial charge < -0.3 is 14.9 Å². The second kappa shape index (κ2) is 3.66. The standard InChI is InChI=1S/C8H12BFO3/c1-3-8(10)6(12)5(4-11)13-7(8)9-2/h1,5-7,9,11-12H,4H2,2H3/t5-,6-,7-,8-/m1/s1. The summed E-state index contributed by atoms with van der Waals surface area (Å²) in [5.41, 5.74) is -2.16. The largest absolute Gasteiger partial charge is 0.394 e. The fraction of sp³-hybridized carbons (Fsp3) is 0.750. The van der Waals surface area contributed by atoms with Crippen LogP contribution in [0.4, 0.5) is 4.39 Å². The third-order valence-corrected chi connectivity index (χ3v) is 2.36. The number of halogens is 1. The molecule has 13 heavy (non-hydrogen) atoms. The topological polar surface area (TPSA) is 49.7 Å². The van der Waals surface area contributed by atoms with Crippen LogP contribution < -0.4 is 0 Å². The van der Waals surface area contributed by atoms with Gasteiger partial charge in [0.1, 0.15) is 12.2 Å². The summed E-state index contributed by atoms with van der Waals surface area (Å²) in [7, 11) is 0.369. The molecule has 1 heterocycles. The molecule has 1 rings (SSSR count). The van der Waals surface area contributed by atoms with Crippen molar-refractivity contribution in [3.8, 4) is 12.3 Å². The van der Waals surface area contributed by atoms with Crippen LogP contribution in [-0.4, -0.2) is 48.0 Å². The molecule has 1 aliphatic rings. The minimum Gasteiger partial charge on any atom is -0.394 e. The van der Waals surface area contributed by atoms with Gasteiger partial charge in [-0.1, -0.05) is 12.7 Å². The Kier molecular flexibility index (Phi) is 2.96. The molecule has 3 nitrogen and oxygen atoms in total. The molecule has 5 heteroatoms. The highest BCUT2D eigenvalue weighted by Crippen LogP contribution is 2.33. The van der Waals surface area contributed by atoms with E-state index in [1.54, 1.807) is 6.82 Å². The van der Waals surface area contributed by atoms with Crippen LogP contribution in [-0.2, 0) is 4.74 Å². The molecule has 1 saturated heterocycles. The normalized spacial score (nSPS) is 44.4. The zero-order chi connectivity index (χ0) is 10.1. The molecule has 72 valence electrons. The second-order valence-electron chi connectivity index (χ2n) is 3.11. The van der Waals surface area contributed by atoms with Crippen molar-refractivity contribution < 1.29 is 19.3 Å². The highest BCUT2D eigenvalue weighted by atomic mass is 19.1. The van der Waals surface area contributed by atoms with Crippen molar-refractivity contribution in [1.29, 1.82) is 0 Å². The van der Waals surface area contributed by atoms with Crippen molar-refractivity contribution in [2.24, 2.45) is 0 Å². The lowest BCUT2D eigenvalue weighted by Crippen LogP contribution is -2.45. The van der Waals surface area contributed by atoms with Gasteiger partial charge in [0.2, 0.25) is 5.67 Å². The van der Waals surface area contributed by atoms with E-state index in [2.05, 4.69) is 0 Å². The van der Waals surface area contributed by atoms with E-state index < -0.39 is 30.5 Å². The second-order valence-corrected chi connectivity index (χ2v) is 3.11. The minimum atomic E-state index is -2.16. The van der Waals surface area contributed by atoms with Crippen molar-refractivity contribution in [2.75, 3.05) is 6.61 Å². The molecule has 0 aromatic carbocycles. The van der Waals surface area contributed by atoms with Gasteiger partial charge in [0.05, 0.1) is 12.6 Å². The quantitative estimate of drug-likeness (QED) is 0.424. The van der Waals surface area contributed by atoms with Gasteiger partial charge in [-0.2, -0.15) is 0 Å². The van der Waals surface area contributed by atoms with E-state index in [9.17, 15) is 9.50 Å². The summed E-state index contributed by atoms with van der Waals surface area (Å²) in [6, 6.07) is -0.829. The molecule has 0 unspecified atom stereocenters. The summed E-state index contributed by atoms with van der Waals surface area (Å²) in [6.07, 6.45) is 2.65. The van der Waals surface area contributed by atoms with E-state index in [1.807, 2.05) is 5.92 Å². The molecule has 2 N–H and O–H groups in total. The Balaban J connectivity index is 2.88. The van der Waals surface area contributed by atoms with Gasteiger partial charge in [-0.15, -0.1) is 6.42 Å². The summed E-state index contributed by atoms with van der Waals surface area (Å²) in [5.74, 6) is 1.90. The fourth-order valence-corrected chi connectivity index (χ4v) is 1.56. The Bertz CT molecular complexity index is 226. The average molecular weight is 186 g/mol. The van der Waals surface area contributed by atoms with Gasteiger partial charge >= 0.3 is 0 Å². The van der Waals surface area contributed by atoms with Gasteiger partial charge in [-0.25, -0.2) is 4.39 Å². The summed E-state index contributed by atoms with van der Waals surface area (Å²) >= 11 is 0. The third kappa shape index (κ3) is 1.46. The number of alkyl halides is 1. The van der Waals surface area contributed by atoms with Gasteiger partial charge in [0.25, 0.3) is 0 Å². The molecular weight excluding hydrogens is 174 g/mol. The molecule has 1 aliphatic heterocycles. The summed E-state index contributed by atoms with van der Waals surface area (Å²) in [6.45, 7) is 1.29. The van der Waals surface area contributed by atoms with Crippen LogP contribution >= 0.6 is 0 Å². The number of aliphatic hydroxyl groups is 2. The van der Waals surface area contributed by atoms with E-state index in [1.165, 1.54) is 0 Å². The van der Waals surface area contributed by atoms with Crippen molar-refractivity contribution in [3.63, 3.8) is 0 Å². The minimum absolute atomic E-state index is 0.369. The number of terminal acetylenes is 1. The fourth-order valence-electron chi connectivity index (χ4n) is 1.56. The number of hydrogen-bond acceptors (Lipinski definition) is 3. The van der Waals surface area contributed by atoms with Gasteiger partial charge in [-0.05, 0) is 0 Å². The van der Waals surface area contributed by atoms with Crippen LogP contribution in [0.25, 0.3) is 0 Å². The number of hydrogen-bond donors (Lipinski definition) is 2. The van der Waals surface area contributed by atoms with E-state index in [0.29, 0.717) is 7.28 Å². The van der Waals surface area contributed by atoms with E-state index >= 15 is 0 Å². The maximum atomic E-state index is 13.8. The lowest BCUT2D eigenvalue weighted by molar-refractivity contribution is -0.00828. The molecule has 0 aromatic rings. The van der Waals surface area contributed by atoms with Crippen molar-refractivity contribution in [1.82, 2.24) is 0 Å². The smallest absolute Gasteiger partial charge is 0.217 e. The third-order valence-electron chi connectivity index (χ3n) is 2.36. The van der Waals surface area contributed by atoms with Crippen molar-refractivity contribution >= 4 is 7.28 Å². The molecule has 0 saturated carbocycles. The van der Waals surface area contributed by atoms with Gasteiger partial charge in [-0.3, -0.25) is 0 Å². The summed E-state index contributed by atoms with van der Waals surface area (Å²) < 4.78 is 18.9. The van der Waals surface area contributed by atoms with Crippen LogP contribution in [0.2, 0.25) is 6.82 Å². The monoisotopic (exact) mass is 186 g/mol. The molecular formula is C8H12BFO3. The maximum absolute atomic E-state index is 13.8. The lowest BCUT2D eigenvalue weighted by Gasteiger charge is -2.21. The molecule has 0 aromatic heterocycles. The van der Waals surface area contributed by atoms with Gasteiger partial charge in [0.15, 0.2) is 7.28 Å². The Hall–Kier alpha value is -0.565. The first-order valence-electron chi connectivity index (χ1n) is 4.21. The Morgan fingerprint density at radius 3 is 2.69 bits per heavy atom. The van der Waals surface area contributed by atoms with Crippen LogP contribution in [0.15, 0.2) is 0 Å². The van der Waals surface area contributed by atoms with E-state index in [0.717, 1.165) is 0 Å². The molecule has 0 bridgehead atoms. The SMILES string of the molecule is C#C[C@]1(F)[C@H](BC)O[C@H](CO)[C@H]1O. The Morgan fingerprint density at radius 1 is 1.77 bits per heavy atom. The molecule has 4 atom stereocenters. The average Bonchev–Trinajstić information content (AvgIpc) is 2.41. The van der Waals surface area contributed by atoms with Crippen LogP contribution in [0.5, 0.6) is 0 Å². The number of aliphatic hydroxyl groups excluding tert-OH is 2. The number of ether oxygens (including phenoxy) is 1. The molecule has 0 spiro atoms. The Labute approximate surface area is 77.1 Å². The maximum Gasteiger partial charge on any atom is 0.217 e. The van der Waals surface area contributed by atoms with Crippen molar-refractivity contribution in [2.45, 2.75) is 30.7 Å². The van der Waals surface area contributed by atoms with Crippen LogP contribution in [0, 0.1) is 12.3 Å². The Morgan fingerprint density at radius 2 is 2.38 bits per heavy atom. The lowest BCUT2D eigenvalue weighted by atomic mass is 9.67. The summed E-state index contributed by atoms with van der Waals surface area (Å²) in [5, 5.41) is 18.2. The molecule has 0 aliphatic carbocycles. The zero-order valence-corrected chi connectivity index (χ0v) is 7.40. The zero-order valence-electron chi connectivity index (χ0n) is 7.40. The highest BCUT2D eigenvalue weighted by Gasteiger charge is 2.55. The molecule has 1 fully saturated rings. The number of rotatable bonds is 2. The van der Waals surface area contributed by atoms with Crippen LogP contribution in [0.1, 0.15) is 0 Å². The highest BCUT2D eigenvalue weighted by molar-refractivity contribution is 6.36. The first-order chi connectivity index (χ1) is 6.10. The van der Waals surface area contributed by atoms with E-state index in [-0.39, 0.29) is 0 Å². The van der Waals surface area contributed by atoms with Crippen molar-refractivity contribution in [3.05, 3.63) is 0 Å². The first-order valence-corrected chi connectivity index (χ1v) is 4.21. The summed E-state index contributed by atoms with van der Waals surface area (Å²) in [4.78, 5) is 0. The predicted octanol–water partition coefficient (Wildman–Crippen LogP) is -1.11. The molecule has 0 amide bonds. The van der Waals surface area contributed by atoms with Gasteiger partial charge in [0, 0.05) is 0 Å². The first kappa shape index (κ1) is 10.5.